The molecular weight excluding hydrogens is 360 g/mol. The zero-order valence-corrected chi connectivity index (χ0v) is 16.2. The van der Waals surface area contributed by atoms with Gasteiger partial charge < -0.3 is 10.2 Å². The summed E-state index contributed by atoms with van der Waals surface area (Å²) in [7, 11) is 0. The van der Waals surface area contributed by atoms with E-state index in [2.05, 4.69) is 29.6 Å². The van der Waals surface area contributed by atoms with Crippen LogP contribution in [0.5, 0.6) is 0 Å². The van der Waals surface area contributed by atoms with Crippen molar-refractivity contribution in [1.82, 2.24) is 5.32 Å². The van der Waals surface area contributed by atoms with Crippen LogP contribution in [-0.2, 0) is 9.59 Å². The van der Waals surface area contributed by atoms with Gasteiger partial charge in [-0.1, -0.05) is 78.9 Å². The third-order valence-corrected chi connectivity index (χ3v) is 5.45. The van der Waals surface area contributed by atoms with Crippen LogP contribution in [0.4, 0.5) is 5.69 Å². The van der Waals surface area contributed by atoms with Gasteiger partial charge in [0.15, 0.2) is 0 Å². The van der Waals surface area contributed by atoms with Gasteiger partial charge in [0.2, 0.25) is 11.8 Å². The van der Waals surface area contributed by atoms with Gasteiger partial charge in [-0.15, -0.1) is 0 Å². The van der Waals surface area contributed by atoms with Crippen molar-refractivity contribution in [3.05, 3.63) is 102 Å². The summed E-state index contributed by atoms with van der Waals surface area (Å²) in [6, 6.07) is 29.9. The first-order valence-electron chi connectivity index (χ1n) is 9.95. The largest absolute Gasteiger partial charge is 0.355 e. The second kappa shape index (κ2) is 8.74. The van der Waals surface area contributed by atoms with Crippen LogP contribution in [-0.4, -0.2) is 24.9 Å². The summed E-state index contributed by atoms with van der Waals surface area (Å²) in [5.41, 5.74) is 3.17. The highest BCUT2D eigenvalue weighted by atomic mass is 16.2. The molecule has 0 spiro atoms. The number of hydrogen-bond acceptors (Lipinski definition) is 2. The summed E-state index contributed by atoms with van der Waals surface area (Å²) in [6.07, 6.45) is 0.252. The molecule has 0 bridgehead atoms. The van der Waals surface area contributed by atoms with Crippen LogP contribution in [0.25, 0.3) is 0 Å². The van der Waals surface area contributed by atoms with E-state index in [1.807, 2.05) is 66.7 Å². The number of amides is 2. The lowest BCUT2D eigenvalue weighted by molar-refractivity contribution is -0.126. The Morgan fingerprint density at radius 1 is 0.862 bits per heavy atom. The van der Waals surface area contributed by atoms with E-state index in [0.29, 0.717) is 13.1 Å². The van der Waals surface area contributed by atoms with E-state index in [4.69, 9.17) is 0 Å². The first-order valence-corrected chi connectivity index (χ1v) is 9.95. The van der Waals surface area contributed by atoms with Crippen molar-refractivity contribution in [3.63, 3.8) is 0 Å². The van der Waals surface area contributed by atoms with Crippen LogP contribution in [0, 0.1) is 5.92 Å². The number of para-hydroxylation sites is 1. The number of benzene rings is 3. The Balaban J connectivity index is 1.44. The Hall–Kier alpha value is -3.40. The normalized spacial score (nSPS) is 16.2. The molecule has 3 aromatic rings. The minimum absolute atomic E-state index is 0.000909. The highest BCUT2D eigenvalue weighted by molar-refractivity contribution is 6.00. The van der Waals surface area contributed by atoms with E-state index < -0.39 is 0 Å². The second-order valence-corrected chi connectivity index (χ2v) is 7.36. The van der Waals surface area contributed by atoms with E-state index in [1.54, 1.807) is 4.90 Å². The molecule has 1 aliphatic heterocycles. The maximum Gasteiger partial charge on any atom is 0.227 e. The lowest BCUT2D eigenvalue weighted by Gasteiger charge is -2.20. The first-order chi connectivity index (χ1) is 14.2. The van der Waals surface area contributed by atoms with Crippen LogP contribution in [0.15, 0.2) is 91.0 Å². The average Bonchev–Trinajstić information content (AvgIpc) is 3.18. The number of anilines is 1. The third kappa shape index (κ3) is 4.37. The fourth-order valence-electron chi connectivity index (χ4n) is 3.89. The van der Waals surface area contributed by atoms with Gasteiger partial charge in [-0.3, -0.25) is 9.59 Å². The van der Waals surface area contributed by atoms with Gasteiger partial charge in [0.1, 0.15) is 0 Å². The molecule has 4 heteroatoms. The average molecular weight is 384 g/mol. The molecule has 29 heavy (non-hydrogen) atoms. The van der Waals surface area contributed by atoms with E-state index >= 15 is 0 Å². The van der Waals surface area contributed by atoms with E-state index in [9.17, 15) is 9.59 Å². The van der Waals surface area contributed by atoms with Gasteiger partial charge in [0.25, 0.3) is 0 Å². The molecule has 4 rings (SSSR count). The molecule has 146 valence electrons. The van der Waals surface area contributed by atoms with Crippen molar-refractivity contribution < 1.29 is 9.59 Å². The third-order valence-electron chi connectivity index (χ3n) is 5.45. The zero-order chi connectivity index (χ0) is 20.1. The molecule has 3 aromatic carbocycles. The molecule has 0 aliphatic carbocycles. The number of carbonyl (C=O) groups is 2. The predicted molar refractivity (Wildman–Crippen MR) is 115 cm³/mol. The van der Waals surface area contributed by atoms with Gasteiger partial charge in [0, 0.05) is 31.1 Å². The van der Waals surface area contributed by atoms with Gasteiger partial charge in [-0.05, 0) is 23.3 Å². The van der Waals surface area contributed by atoms with Crippen molar-refractivity contribution in [2.45, 2.75) is 12.3 Å². The van der Waals surface area contributed by atoms with Crippen LogP contribution in [0.3, 0.4) is 0 Å². The number of hydrogen-bond donors (Lipinski definition) is 1. The highest BCUT2D eigenvalue weighted by Gasteiger charge is 2.35. The SMILES string of the molecule is O=C(NCC(c1ccccc1)c1ccccc1)[C@H]1CC(=O)N(c2ccccc2)C1. The van der Waals surface area contributed by atoms with Crippen LogP contribution < -0.4 is 10.2 Å². The smallest absolute Gasteiger partial charge is 0.227 e. The molecule has 2 amide bonds. The quantitative estimate of drug-likeness (QED) is 0.699. The molecule has 1 atom stereocenters. The fourth-order valence-corrected chi connectivity index (χ4v) is 3.89. The molecule has 4 nitrogen and oxygen atoms in total. The Bertz CT molecular complexity index is 918. The summed E-state index contributed by atoms with van der Waals surface area (Å²) in [4.78, 5) is 27.0. The van der Waals surface area contributed by atoms with Gasteiger partial charge in [0.05, 0.1) is 5.92 Å². The summed E-state index contributed by atoms with van der Waals surface area (Å²) < 4.78 is 0. The second-order valence-electron chi connectivity index (χ2n) is 7.36. The van der Waals surface area contributed by atoms with Gasteiger partial charge in [-0.2, -0.15) is 0 Å². The Morgan fingerprint density at radius 3 is 1.93 bits per heavy atom. The first kappa shape index (κ1) is 18.9. The number of nitrogens with zero attached hydrogens (tertiary/aromatic N) is 1. The standard InChI is InChI=1S/C25H24N2O2/c28-24-16-21(18-27(24)22-14-8-3-9-15-22)25(29)26-17-23(19-10-4-1-5-11-19)20-12-6-2-7-13-20/h1-15,21,23H,16-18H2,(H,26,29)/t21-/m0/s1. The summed E-state index contributed by atoms with van der Waals surface area (Å²) in [6.45, 7) is 0.929. The molecule has 1 fully saturated rings. The lowest BCUT2D eigenvalue weighted by atomic mass is 9.91. The van der Waals surface area contributed by atoms with Gasteiger partial charge >= 0.3 is 0 Å². The van der Waals surface area contributed by atoms with E-state index in [-0.39, 0.29) is 30.1 Å². The number of rotatable bonds is 6. The van der Waals surface area contributed by atoms with Crippen LogP contribution in [0.1, 0.15) is 23.5 Å². The minimum atomic E-state index is -0.324. The van der Waals surface area contributed by atoms with Gasteiger partial charge in [-0.25, -0.2) is 0 Å². The summed E-state index contributed by atoms with van der Waals surface area (Å²) in [5, 5.41) is 3.10. The monoisotopic (exact) mass is 384 g/mol. The molecule has 1 saturated heterocycles. The van der Waals surface area contributed by atoms with Crippen molar-refractivity contribution in [2.75, 3.05) is 18.0 Å². The minimum Gasteiger partial charge on any atom is -0.355 e. The van der Waals surface area contributed by atoms with Crippen molar-refractivity contribution in [1.29, 1.82) is 0 Å². The molecule has 1 N–H and O–H groups in total. The molecule has 1 heterocycles. The molecule has 0 radical (unpaired) electrons. The Labute approximate surface area is 171 Å². The van der Waals surface area contributed by atoms with Crippen LogP contribution in [0.2, 0.25) is 0 Å². The fraction of sp³-hybridized carbons (Fsp3) is 0.200. The molecule has 0 unspecified atom stereocenters. The number of nitrogens with one attached hydrogen (secondary N) is 1. The molecule has 1 aliphatic rings. The molecular formula is C25H24N2O2. The highest BCUT2D eigenvalue weighted by Crippen LogP contribution is 2.26. The molecule has 0 saturated carbocycles. The lowest BCUT2D eigenvalue weighted by Crippen LogP contribution is -2.35. The zero-order valence-electron chi connectivity index (χ0n) is 16.2. The van der Waals surface area contributed by atoms with Crippen LogP contribution >= 0.6 is 0 Å². The summed E-state index contributed by atoms with van der Waals surface area (Å²) in [5.74, 6) is -0.314. The Morgan fingerprint density at radius 2 is 1.38 bits per heavy atom. The maximum atomic E-state index is 12.8. The van der Waals surface area contributed by atoms with Crippen molar-refractivity contribution >= 4 is 17.5 Å². The van der Waals surface area contributed by atoms with E-state index in [0.717, 1.165) is 16.8 Å². The number of carbonyl (C=O) groups excluding carboxylic acids is 2. The van der Waals surface area contributed by atoms with Crippen molar-refractivity contribution in [2.24, 2.45) is 5.92 Å². The van der Waals surface area contributed by atoms with E-state index in [1.165, 1.54) is 0 Å². The van der Waals surface area contributed by atoms with Crippen molar-refractivity contribution in [3.8, 4) is 0 Å². The predicted octanol–water partition coefficient (Wildman–Crippen LogP) is 3.99. The topological polar surface area (TPSA) is 49.4 Å². The summed E-state index contributed by atoms with van der Waals surface area (Å²) >= 11 is 0. The maximum absolute atomic E-state index is 12.8. The Kier molecular flexibility index (Phi) is 5.71. The molecule has 0 aromatic heterocycles.